The van der Waals surface area contributed by atoms with Crippen molar-refractivity contribution in [2.45, 2.75) is 25.1 Å². The highest BCUT2D eigenvalue weighted by molar-refractivity contribution is 4.93. The molecular weight excluding hydrogens is 160 g/mol. The van der Waals surface area contributed by atoms with Crippen LogP contribution in [0.3, 0.4) is 0 Å². The molecule has 68 valence electrons. The molecule has 4 nitrogen and oxygen atoms in total. The van der Waals surface area contributed by atoms with Crippen LogP contribution in [0.1, 0.15) is 6.42 Å². The third kappa shape index (κ3) is 0.808. The van der Waals surface area contributed by atoms with Gasteiger partial charge >= 0.3 is 0 Å². The Labute approximate surface area is 70.4 Å². The number of aliphatic hydroxyl groups excluding tert-OH is 1. The molecule has 0 aromatic carbocycles. The van der Waals surface area contributed by atoms with Gasteiger partial charge in [-0.15, -0.1) is 0 Å². The Morgan fingerprint density at radius 3 is 3.00 bits per heavy atom. The van der Waals surface area contributed by atoms with Crippen LogP contribution in [0.25, 0.3) is 0 Å². The molecule has 3 aliphatic heterocycles. The highest BCUT2D eigenvalue weighted by atomic mass is 16.8. The van der Waals surface area contributed by atoms with Crippen LogP contribution >= 0.6 is 0 Å². The zero-order valence-corrected chi connectivity index (χ0v) is 6.68. The Morgan fingerprint density at radius 2 is 2.08 bits per heavy atom. The topological polar surface area (TPSA) is 47.9 Å². The smallest absolute Gasteiger partial charge is 0.166 e. The molecule has 3 aliphatic rings. The quantitative estimate of drug-likeness (QED) is 0.545. The maximum atomic E-state index is 9.59. The lowest BCUT2D eigenvalue weighted by Crippen LogP contribution is -2.26. The molecule has 3 heterocycles. The van der Waals surface area contributed by atoms with E-state index >= 15 is 0 Å². The van der Waals surface area contributed by atoms with Crippen LogP contribution in [0, 0.1) is 11.8 Å². The fraction of sp³-hybridized carbons (Fsp3) is 1.00. The van der Waals surface area contributed by atoms with Gasteiger partial charge in [-0.2, -0.15) is 0 Å². The lowest BCUT2D eigenvalue weighted by Gasteiger charge is -2.14. The minimum absolute atomic E-state index is 0.116. The maximum absolute atomic E-state index is 9.59. The average Bonchev–Trinajstić information content (AvgIpc) is 2.61. The second-order valence-electron chi connectivity index (χ2n) is 3.67. The number of hydrogen-bond acceptors (Lipinski definition) is 4. The Hall–Kier alpha value is -0.160. The van der Waals surface area contributed by atoms with Crippen molar-refractivity contribution in [2.24, 2.45) is 11.8 Å². The summed E-state index contributed by atoms with van der Waals surface area (Å²) in [5.74, 6) is 0.505. The van der Waals surface area contributed by atoms with Gasteiger partial charge < -0.3 is 19.3 Å². The van der Waals surface area contributed by atoms with Gasteiger partial charge in [0.1, 0.15) is 0 Å². The Bertz CT molecular complexity index is 195. The first-order valence-corrected chi connectivity index (χ1v) is 4.43. The number of rotatable bonds is 0. The third-order valence-electron chi connectivity index (χ3n) is 3.04. The molecule has 0 aromatic rings. The van der Waals surface area contributed by atoms with Crippen LogP contribution in [0.5, 0.6) is 0 Å². The summed E-state index contributed by atoms with van der Waals surface area (Å²) in [7, 11) is 0. The van der Waals surface area contributed by atoms with E-state index in [1.807, 2.05) is 0 Å². The molecule has 3 unspecified atom stereocenters. The molecule has 0 spiro atoms. The van der Waals surface area contributed by atoms with Gasteiger partial charge in [0, 0.05) is 11.8 Å². The fourth-order valence-corrected chi connectivity index (χ4v) is 2.44. The summed E-state index contributed by atoms with van der Waals surface area (Å²) in [6, 6.07) is 0. The van der Waals surface area contributed by atoms with E-state index in [1.165, 1.54) is 0 Å². The van der Waals surface area contributed by atoms with E-state index in [2.05, 4.69) is 0 Å². The number of fused-ring (bicyclic) bond motifs is 3. The van der Waals surface area contributed by atoms with Crippen LogP contribution < -0.4 is 0 Å². The second-order valence-corrected chi connectivity index (χ2v) is 3.67. The molecule has 12 heavy (non-hydrogen) atoms. The van der Waals surface area contributed by atoms with E-state index in [-0.39, 0.29) is 24.6 Å². The lowest BCUT2D eigenvalue weighted by molar-refractivity contribution is -0.188. The van der Waals surface area contributed by atoms with E-state index in [9.17, 15) is 5.11 Å². The summed E-state index contributed by atoms with van der Waals surface area (Å²) in [4.78, 5) is 0. The standard InChI is InChI=1S/C8H12O4/c9-5-3-11-8-6(5)4-1-2-10-7(4)12-8/h4-9H,1-3H2/t4?,5?,6-,7?,8-/m1/s1. The second kappa shape index (κ2) is 2.42. The van der Waals surface area contributed by atoms with Gasteiger partial charge in [-0.25, -0.2) is 0 Å². The largest absolute Gasteiger partial charge is 0.390 e. The molecule has 4 heteroatoms. The van der Waals surface area contributed by atoms with E-state index in [1.54, 1.807) is 0 Å². The SMILES string of the molecule is OC1CO[C@@H]2OC3OCCC3[C@H]12. The number of hydrogen-bond donors (Lipinski definition) is 1. The minimum atomic E-state index is -0.355. The van der Waals surface area contributed by atoms with Gasteiger partial charge in [0.15, 0.2) is 12.6 Å². The Kier molecular flexibility index (Phi) is 1.46. The molecule has 1 N–H and O–H groups in total. The highest BCUT2D eigenvalue weighted by Gasteiger charge is 2.54. The minimum Gasteiger partial charge on any atom is -0.390 e. The zero-order valence-electron chi connectivity index (χ0n) is 6.68. The van der Waals surface area contributed by atoms with Crippen molar-refractivity contribution in [2.75, 3.05) is 13.2 Å². The van der Waals surface area contributed by atoms with E-state index in [0.29, 0.717) is 12.5 Å². The summed E-state index contributed by atoms with van der Waals surface area (Å²) >= 11 is 0. The molecule has 0 saturated carbocycles. The number of aliphatic hydroxyl groups is 1. The molecular formula is C8H12O4. The first-order valence-electron chi connectivity index (χ1n) is 4.43. The maximum Gasteiger partial charge on any atom is 0.166 e. The molecule has 5 atom stereocenters. The Morgan fingerprint density at radius 1 is 1.17 bits per heavy atom. The van der Waals surface area contributed by atoms with Gasteiger partial charge in [0.05, 0.1) is 19.3 Å². The monoisotopic (exact) mass is 172 g/mol. The molecule has 0 amide bonds. The van der Waals surface area contributed by atoms with Crippen molar-refractivity contribution in [3.63, 3.8) is 0 Å². The van der Waals surface area contributed by atoms with E-state index in [0.717, 1.165) is 13.0 Å². The average molecular weight is 172 g/mol. The molecule has 0 aliphatic carbocycles. The van der Waals surface area contributed by atoms with E-state index in [4.69, 9.17) is 14.2 Å². The van der Waals surface area contributed by atoms with Gasteiger partial charge in [0.2, 0.25) is 0 Å². The highest BCUT2D eigenvalue weighted by Crippen LogP contribution is 2.44. The summed E-state index contributed by atoms with van der Waals surface area (Å²) in [6.45, 7) is 1.17. The number of ether oxygens (including phenoxy) is 3. The lowest BCUT2D eigenvalue weighted by atomic mass is 9.89. The van der Waals surface area contributed by atoms with Crippen LogP contribution in [-0.2, 0) is 14.2 Å². The summed E-state index contributed by atoms with van der Waals surface area (Å²) in [6.07, 6.45) is 0.309. The molecule has 3 fully saturated rings. The van der Waals surface area contributed by atoms with Gasteiger partial charge in [-0.05, 0) is 6.42 Å². The molecule has 3 saturated heterocycles. The molecule has 0 bridgehead atoms. The fourth-order valence-electron chi connectivity index (χ4n) is 2.44. The van der Waals surface area contributed by atoms with Crippen molar-refractivity contribution in [1.82, 2.24) is 0 Å². The molecule has 0 aromatic heterocycles. The predicted molar refractivity (Wildman–Crippen MR) is 38.2 cm³/mol. The van der Waals surface area contributed by atoms with Crippen LogP contribution in [0.4, 0.5) is 0 Å². The summed E-state index contributed by atoms with van der Waals surface area (Å²) in [5.41, 5.74) is 0. The third-order valence-corrected chi connectivity index (χ3v) is 3.04. The van der Waals surface area contributed by atoms with E-state index < -0.39 is 0 Å². The van der Waals surface area contributed by atoms with Crippen molar-refractivity contribution in [3.05, 3.63) is 0 Å². The summed E-state index contributed by atoms with van der Waals surface area (Å²) < 4.78 is 16.1. The van der Waals surface area contributed by atoms with Crippen LogP contribution in [0.15, 0.2) is 0 Å². The summed E-state index contributed by atoms with van der Waals surface area (Å²) in [5, 5.41) is 9.59. The first-order chi connectivity index (χ1) is 5.86. The first kappa shape index (κ1) is 7.26. The van der Waals surface area contributed by atoms with Crippen LogP contribution in [0.2, 0.25) is 0 Å². The molecule has 0 radical (unpaired) electrons. The van der Waals surface area contributed by atoms with Gasteiger partial charge in [-0.3, -0.25) is 0 Å². The zero-order chi connectivity index (χ0) is 8.13. The van der Waals surface area contributed by atoms with Crippen molar-refractivity contribution in [3.8, 4) is 0 Å². The van der Waals surface area contributed by atoms with Gasteiger partial charge in [-0.1, -0.05) is 0 Å². The molecule has 3 rings (SSSR count). The normalized spacial score (nSPS) is 57.2. The van der Waals surface area contributed by atoms with Crippen molar-refractivity contribution >= 4 is 0 Å². The van der Waals surface area contributed by atoms with Crippen molar-refractivity contribution < 1.29 is 19.3 Å². The van der Waals surface area contributed by atoms with Gasteiger partial charge in [0.25, 0.3) is 0 Å². The predicted octanol–water partition coefficient (Wildman–Crippen LogP) is -0.287. The van der Waals surface area contributed by atoms with Crippen LogP contribution in [-0.4, -0.2) is 37.0 Å². The van der Waals surface area contributed by atoms with Crippen molar-refractivity contribution in [1.29, 1.82) is 0 Å². The Balaban J connectivity index is 1.85.